The van der Waals surface area contributed by atoms with Gasteiger partial charge in [0, 0.05) is 16.2 Å². The van der Waals surface area contributed by atoms with Crippen LogP contribution in [0.15, 0.2) is 51.7 Å². The first kappa shape index (κ1) is 12.8. The quantitative estimate of drug-likeness (QED) is 0.772. The van der Waals surface area contributed by atoms with E-state index in [1.165, 1.54) is 12.3 Å². The van der Waals surface area contributed by atoms with Crippen molar-refractivity contribution in [3.05, 3.63) is 53.0 Å². The van der Waals surface area contributed by atoms with Crippen LogP contribution in [0.5, 0.6) is 0 Å². The average Bonchev–Trinajstić information content (AvgIpc) is 2.82. The number of benzene rings is 1. The minimum atomic E-state index is -0.489. The largest absolute Gasteiger partial charge is 0.380 e. The van der Waals surface area contributed by atoms with E-state index < -0.39 is 5.82 Å². The molecule has 0 spiro atoms. The van der Waals surface area contributed by atoms with Gasteiger partial charge in [0.25, 0.3) is 0 Å². The van der Waals surface area contributed by atoms with Crippen molar-refractivity contribution < 1.29 is 8.91 Å². The molecule has 3 rings (SSSR count). The zero-order valence-corrected chi connectivity index (χ0v) is 11.8. The SMILES string of the molecule is Nc1noc(-c2ccncc2F)c1-c1ccccc1Br. The summed E-state index contributed by atoms with van der Waals surface area (Å²) >= 11 is 3.45. The lowest BCUT2D eigenvalue weighted by Gasteiger charge is -2.05. The van der Waals surface area contributed by atoms with E-state index in [1.54, 1.807) is 0 Å². The summed E-state index contributed by atoms with van der Waals surface area (Å²) in [6.45, 7) is 0. The third-order valence-corrected chi connectivity index (χ3v) is 3.57. The number of nitrogens with zero attached hydrogens (tertiary/aromatic N) is 2. The maximum Gasteiger partial charge on any atom is 0.180 e. The van der Waals surface area contributed by atoms with Gasteiger partial charge in [0.2, 0.25) is 0 Å². The summed E-state index contributed by atoms with van der Waals surface area (Å²) in [6.07, 6.45) is 2.61. The number of nitrogen functional groups attached to an aromatic ring is 1. The van der Waals surface area contributed by atoms with Crippen LogP contribution in [0, 0.1) is 5.82 Å². The molecule has 0 radical (unpaired) electrons. The molecule has 1 aromatic carbocycles. The van der Waals surface area contributed by atoms with Gasteiger partial charge in [0.15, 0.2) is 17.4 Å². The Hall–Kier alpha value is -2.21. The van der Waals surface area contributed by atoms with Gasteiger partial charge in [0.05, 0.1) is 17.3 Å². The zero-order valence-electron chi connectivity index (χ0n) is 10.2. The predicted octanol–water partition coefficient (Wildman–Crippen LogP) is 3.89. The number of aromatic nitrogens is 2. The first-order valence-electron chi connectivity index (χ1n) is 5.78. The lowest BCUT2D eigenvalue weighted by molar-refractivity contribution is 0.433. The molecule has 0 saturated carbocycles. The minimum Gasteiger partial charge on any atom is -0.380 e. The molecule has 3 aromatic rings. The molecule has 0 saturated heterocycles. The van der Waals surface area contributed by atoms with Crippen molar-refractivity contribution in [1.29, 1.82) is 0 Å². The molecule has 6 heteroatoms. The maximum absolute atomic E-state index is 13.9. The molecule has 0 aliphatic heterocycles. The Morgan fingerprint density at radius 2 is 1.95 bits per heavy atom. The van der Waals surface area contributed by atoms with Gasteiger partial charge >= 0.3 is 0 Å². The third kappa shape index (κ3) is 2.08. The van der Waals surface area contributed by atoms with Crippen molar-refractivity contribution in [1.82, 2.24) is 10.1 Å². The van der Waals surface area contributed by atoms with Crippen LogP contribution in [0.25, 0.3) is 22.5 Å². The lowest BCUT2D eigenvalue weighted by atomic mass is 10.0. The Morgan fingerprint density at radius 3 is 2.70 bits per heavy atom. The van der Waals surface area contributed by atoms with Gasteiger partial charge in [-0.25, -0.2) is 4.39 Å². The molecule has 2 aromatic heterocycles. The van der Waals surface area contributed by atoms with Gasteiger partial charge in [0.1, 0.15) is 0 Å². The van der Waals surface area contributed by atoms with Gasteiger partial charge in [-0.3, -0.25) is 4.98 Å². The van der Waals surface area contributed by atoms with Gasteiger partial charge in [-0.1, -0.05) is 39.3 Å². The van der Waals surface area contributed by atoms with E-state index in [4.69, 9.17) is 10.3 Å². The van der Waals surface area contributed by atoms with Gasteiger partial charge in [-0.15, -0.1) is 0 Å². The van der Waals surface area contributed by atoms with Crippen LogP contribution in [0.4, 0.5) is 10.2 Å². The topological polar surface area (TPSA) is 64.9 Å². The van der Waals surface area contributed by atoms with E-state index in [0.29, 0.717) is 5.56 Å². The van der Waals surface area contributed by atoms with Gasteiger partial charge in [-0.2, -0.15) is 0 Å². The summed E-state index contributed by atoms with van der Waals surface area (Å²) in [5.41, 5.74) is 7.49. The van der Waals surface area contributed by atoms with Crippen LogP contribution >= 0.6 is 15.9 Å². The molecule has 20 heavy (non-hydrogen) atoms. The van der Waals surface area contributed by atoms with Gasteiger partial charge in [-0.05, 0) is 12.1 Å². The fraction of sp³-hybridized carbons (Fsp3) is 0. The Balaban J connectivity index is 2.26. The highest BCUT2D eigenvalue weighted by Crippen LogP contribution is 2.40. The fourth-order valence-corrected chi connectivity index (χ4v) is 2.45. The smallest absolute Gasteiger partial charge is 0.180 e. The molecule has 0 fully saturated rings. The molecule has 0 bridgehead atoms. The highest BCUT2D eigenvalue weighted by atomic mass is 79.9. The predicted molar refractivity (Wildman–Crippen MR) is 77.2 cm³/mol. The van der Waals surface area contributed by atoms with Gasteiger partial charge < -0.3 is 10.3 Å². The Labute approximate surface area is 122 Å². The number of hydrogen-bond donors (Lipinski definition) is 1. The lowest BCUT2D eigenvalue weighted by Crippen LogP contribution is -1.91. The van der Waals surface area contributed by atoms with Crippen LogP contribution < -0.4 is 5.73 Å². The number of rotatable bonds is 2. The van der Waals surface area contributed by atoms with Crippen molar-refractivity contribution in [2.24, 2.45) is 0 Å². The standard InChI is InChI=1S/C14H9BrFN3O/c15-10-4-2-1-3-8(10)12-13(20-19-14(12)17)9-5-6-18-7-11(9)16/h1-7H,(H2,17,19). The third-order valence-electron chi connectivity index (χ3n) is 2.88. The molecule has 0 amide bonds. The summed E-state index contributed by atoms with van der Waals surface area (Å²) in [5, 5.41) is 3.75. The van der Waals surface area contributed by atoms with Crippen molar-refractivity contribution in [2.75, 3.05) is 5.73 Å². The second kappa shape index (κ2) is 5.05. The highest BCUT2D eigenvalue weighted by Gasteiger charge is 2.21. The maximum atomic E-state index is 13.9. The number of halogens is 2. The van der Waals surface area contributed by atoms with E-state index in [1.807, 2.05) is 24.3 Å². The van der Waals surface area contributed by atoms with Crippen molar-refractivity contribution in [2.45, 2.75) is 0 Å². The van der Waals surface area contributed by atoms with Crippen LogP contribution in [0.2, 0.25) is 0 Å². The van der Waals surface area contributed by atoms with E-state index >= 15 is 0 Å². The van der Waals surface area contributed by atoms with Crippen LogP contribution in [0.3, 0.4) is 0 Å². The first-order valence-corrected chi connectivity index (χ1v) is 6.57. The van der Waals surface area contributed by atoms with Crippen molar-refractivity contribution in [3.8, 4) is 22.5 Å². The first-order chi connectivity index (χ1) is 9.68. The van der Waals surface area contributed by atoms with Crippen molar-refractivity contribution in [3.63, 3.8) is 0 Å². The summed E-state index contributed by atoms with van der Waals surface area (Å²) < 4.78 is 19.9. The number of nitrogens with two attached hydrogens (primary N) is 1. The molecule has 0 unspecified atom stereocenters. The Kier molecular flexibility index (Phi) is 3.23. The number of pyridine rings is 1. The van der Waals surface area contributed by atoms with Crippen LogP contribution in [0.1, 0.15) is 0 Å². The average molecular weight is 334 g/mol. The summed E-state index contributed by atoms with van der Waals surface area (Å²) in [5.74, 6) is 0.00867. The summed E-state index contributed by atoms with van der Waals surface area (Å²) in [7, 11) is 0. The second-order valence-electron chi connectivity index (χ2n) is 4.11. The molecule has 2 N–H and O–H groups in total. The van der Waals surface area contributed by atoms with E-state index in [2.05, 4.69) is 26.1 Å². The van der Waals surface area contributed by atoms with E-state index in [-0.39, 0.29) is 17.1 Å². The zero-order chi connectivity index (χ0) is 14.1. The number of hydrogen-bond acceptors (Lipinski definition) is 4. The van der Waals surface area contributed by atoms with E-state index in [0.717, 1.165) is 16.2 Å². The number of anilines is 1. The minimum absolute atomic E-state index is 0.211. The molecular formula is C14H9BrFN3O. The molecule has 100 valence electrons. The van der Waals surface area contributed by atoms with E-state index in [9.17, 15) is 4.39 Å². The fourth-order valence-electron chi connectivity index (χ4n) is 1.97. The molecule has 0 aliphatic carbocycles. The van der Waals surface area contributed by atoms with Crippen LogP contribution in [-0.4, -0.2) is 10.1 Å². The van der Waals surface area contributed by atoms with Crippen molar-refractivity contribution >= 4 is 21.7 Å². The normalized spacial score (nSPS) is 10.7. The molecule has 2 heterocycles. The highest BCUT2D eigenvalue weighted by molar-refractivity contribution is 9.10. The Morgan fingerprint density at radius 1 is 1.15 bits per heavy atom. The van der Waals surface area contributed by atoms with Crippen LogP contribution in [-0.2, 0) is 0 Å². The Bertz CT molecular complexity index is 773. The summed E-state index contributed by atoms with van der Waals surface area (Å²) in [4.78, 5) is 3.72. The molecular weight excluding hydrogens is 325 g/mol. The monoisotopic (exact) mass is 333 g/mol. The molecule has 4 nitrogen and oxygen atoms in total. The molecule has 0 atom stereocenters. The second-order valence-corrected chi connectivity index (χ2v) is 4.96. The molecule has 0 aliphatic rings. The summed E-state index contributed by atoms with van der Waals surface area (Å²) in [6, 6.07) is 8.99.